The van der Waals surface area contributed by atoms with Gasteiger partial charge in [0.2, 0.25) is 5.16 Å². The number of carbonyl (C=O) groups excluding carboxylic acids is 1. The van der Waals surface area contributed by atoms with Gasteiger partial charge in [0.1, 0.15) is 5.75 Å². The summed E-state index contributed by atoms with van der Waals surface area (Å²) in [6.07, 6.45) is 0. The highest BCUT2D eigenvalue weighted by Gasteiger charge is 2.16. The van der Waals surface area contributed by atoms with Crippen LogP contribution < -0.4 is 4.74 Å². The highest BCUT2D eigenvalue weighted by Crippen LogP contribution is 2.25. The number of Topliss-reactive ketones (excluding diaryl/α,β-unsaturated/α-hetero) is 1. The first-order valence-electron chi connectivity index (χ1n) is 8.58. The first kappa shape index (κ1) is 19.1. The molecule has 0 amide bonds. The topological polar surface area (TPSA) is 69.9 Å². The van der Waals surface area contributed by atoms with Crippen LogP contribution in [-0.4, -0.2) is 38.9 Å². The molecular weight excluding hydrogens is 360 g/mol. The van der Waals surface area contributed by atoms with Crippen molar-refractivity contribution < 1.29 is 9.53 Å². The number of ether oxygens (including phenoxy) is 1. The third-order valence-corrected chi connectivity index (χ3v) is 5.79. The molecule has 140 valence electrons. The Morgan fingerprint density at radius 3 is 2.44 bits per heavy atom. The Bertz CT molecular complexity index is 980. The van der Waals surface area contributed by atoms with Gasteiger partial charge >= 0.3 is 0 Å². The molecule has 3 aromatic rings. The standard InChI is InChI=1S/C20H22N4O2S/c1-12-10-18(15(4)14(3)13(12)2)19(25)11-27-20-21-22-23-24(20)16-6-8-17(26-5)9-7-16/h6-10H,11H2,1-5H3. The third-order valence-electron chi connectivity index (χ3n) is 4.87. The summed E-state index contributed by atoms with van der Waals surface area (Å²) >= 11 is 1.33. The fraction of sp³-hybridized carbons (Fsp3) is 0.300. The van der Waals surface area contributed by atoms with Gasteiger partial charge in [-0.1, -0.05) is 11.8 Å². The van der Waals surface area contributed by atoms with Crippen LogP contribution in [0.25, 0.3) is 5.69 Å². The second-order valence-corrected chi connectivity index (χ2v) is 7.34. The summed E-state index contributed by atoms with van der Waals surface area (Å²) in [6.45, 7) is 8.19. The van der Waals surface area contributed by atoms with E-state index in [9.17, 15) is 4.79 Å². The van der Waals surface area contributed by atoms with Crippen LogP contribution in [-0.2, 0) is 0 Å². The number of nitrogens with zero attached hydrogens (tertiary/aromatic N) is 4. The number of carbonyl (C=O) groups is 1. The van der Waals surface area contributed by atoms with Gasteiger partial charge in [0, 0.05) is 5.56 Å². The Balaban J connectivity index is 1.78. The van der Waals surface area contributed by atoms with E-state index in [1.165, 1.54) is 22.9 Å². The number of benzene rings is 2. The molecule has 0 aliphatic rings. The Hall–Kier alpha value is -2.67. The van der Waals surface area contributed by atoms with Gasteiger partial charge in [-0.2, -0.15) is 4.68 Å². The SMILES string of the molecule is COc1ccc(-n2nnnc2SCC(=O)c2cc(C)c(C)c(C)c2C)cc1. The van der Waals surface area contributed by atoms with Crippen molar-refractivity contribution in [1.29, 1.82) is 0 Å². The first-order valence-corrected chi connectivity index (χ1v) is 9.57. The van der Waals surface area contributed by atoms with Gasteiger partial charge in [-0.05, 0) is 90.7 Å². The Labute approximate surface area is 162 Å². The molecule has 0 N–H and O–H groups in total. The highest BCUT2D eigenvalue weighted by atomic mass is 32.2. The molecule has 2 aromatic carbocycles. The van der Waals surface area contributed by atoms with Gasteiger partial charge in [0.05, 0.1) is 18.6 Å². The van der Waals surface area contributed by atoms with Crippen LogP contribution in [0.5, 0.6) is 5.75 Å². The first-order chi connectivity index (χ1) is 12.9. The second kappa shape index (κ2) is 7.92. The molecule has 0 radical (unpaired) electrons. The molecule has 6 nitrogen and oxygen atoms in total. The predicted octanol–water partition coefficient (Wildman–Crippen LogP) is 3.88. The van der Waals surface area contributed by atoms with Crippen molar-refractivity contribution in [2.45, 2.75) is 32.9 Å². The van der Waals surface area contributed by atoms with Crippen LogP contribution in [0.4, 0.5) is 0 Å². The van der Waals surface area contributed by atoms with Crippen molar-refractivity contribution in [1.82, 2.24) is 20.2 Å². The van der Waals surface area contributed by atoms with E-state index in [2.05, 4.69) is 29.4 Å². The number of methoxy groups -OCH3 is 1. The fourth-order valence-corrected chi connectivity index (χ4v) is 3.64. The lowest BCUT2D eigenvalue weighted by Crippen LogP contribution is -2.09. The summed E-state index contributed by atoms with van der Waals surface area (Å²) in [7, 11) is 1.62. The van der Waals surface area contributed by atoms with Crippen molar-refractivity contribution in [3.8, 4) is 11.4 Å². The normalized spacial score (nSPS) is 10.9. The molecule has 0 aliphatic carbocycles. The Kier molecular flexibility index (Phi) is 5.60. The molecular formula is C20H22N4O2S. The molecule has 27 heavy (non-hydrogen) atoms. The van der Waals surface area contributed by atoms with Gasteiger partial charge in [-0.15, -0.1) is 5.10 Å². The molecule has 0 fully saturated rings. The van der Waals surface area contributed by atoms with Crippen molar-refractivity contribution in [2.24, 2.45) is 0 Å². The third kappa shape index (κ3) is 3.88. The number of aromatic nitrogens is 4. The van der Waals surface area contributed by atoms with E-state index >= 15 is 0 Å². The average Bonchev–Trinajstić information content (AvgIpc) is 3.16. The minimum Gasteiger partial charge on any atom is -0.497 e. The van der Waals surface area contributed by atoms with E-state index < -0.39 is 0 Å². The van der Waals surface area contributed by atoms with E-state index in [1.54, 1.807) is 11.8 Å². The van der Waals surface area contributed by atoms with Crippen LogP contribution in [0.2, 0.25) is 0 Å². The van der Waals surface area contributed by atoms with Gasteiger partial charge in [-0.25, -0.2) is 0 Å². The number of ketones is 1. The zero-order valence-electron chi connectivity index (χ0n) is 16.1. The maximum Gasteiger partial charge on any atom is 0.214 e. The van der Waals surface area contributed by atoms with E-state index in [4.69, 9.17) is 4.74 Å². The van der Waals surface area contributed by atoms with Crippen LogP contribution in [0, 0.1) is 27.7 Å². The lowest BCUT2D eigenvalue weighted by Gasteiger charge is -2.13. The molecule has 1 heterocycles. The smallest absolute Gasteiger partial charge is 0.214 e. The summed E-state index contributed by atoms with van der Waals surface area (Å²) in [5, 5.41) is 12.4. The molecule has 0 saturated heterocycles. The maximum atomic E-state index is 12.8. The van der Waals surface area contributed by atoms with Crippen molar-refractivity contribution >= 4 is 17.5 Å². The Morgan fingerprint density at radius 1 is 1.07 bits per heavy atom. The minimum absolute atomic E-state index is 0.0768. The number of aryl methyl sites for hydroxylation is 1. The van der Waals surface area contributed by atoms with Crippen LogP contribution in [0.15, 0.2) is 35.5 Å². The molecule has 1 aromatic heterocycles. The van der Waals surface area contributed by atoms with Crippen molar-refractivity contribution in [2.75, 3.05) is 12.9 Å². The van der Waals surface area contributed by atoms with Crippen LogP contribution in [0.3, 0.4) is 0 Å². The van der Waals surface area contributed by atoms with Gasteiger partial charge in [0.25, 0.3) is 0 Å². The number of tetrazole rings is 1. The summed E-state index contributed by atoms with van der Waals surface area (Å²) < 4.78 is 6.79. The largest absolute Gasteiger partial charge is 0.497 e. The second-order valence-electron chi connectivity index (χ2n) is 6.40. The number of hydrogen-bond acceptors (Lipinski definition) is 6. The zero-order valence-corrected chi connectivity index (χ0v) is 16.9. The number of thioether (sulfide) groups is 1. The van der Waals surface area contributed by atoms with E-state index in [-0.39, 0.29) is 11.5 Å². The highest BCUT2D eigenvalue weighted by molar-refractivity contribution is 7.99. The molecule has 0 aliphatic heterocycles. The molecule has 0 bridgehead atoms. The quantitative estimate of drug-likeness (QED) is 0.476. The van der Waals surface area contributed by atoms with Crippen molar-refractivity contribution in [3.63, 3.8) is 0 Å². The molecule has 0 unspecified atom stereocenters. The molecule has 7 heteroatoms. The maximum absolute atomic E-state index is 12.8. The lowest BCUT2D eigenvalue weighted by atomic mass is 9.93. The molecule has 0 atom stereocenters. The van der Waals surface area contributed by atoms with E-state index in [0.29, 0.717) is 5.16 Å². The monoisotopic (exact) mass is 382 g/mol. The molecule has 0 saturated carbocycles. The summed E-state index contributed by atoms with van der Waals surface area (Å²) in [5.41, 5.74) is 6.17. The van der Waals surface area contributed by atoms with Crippen LogP contribution in [0.1, 0.15) is 32.6 Å². The lowest BCUT2D eigenvalue weighted by molar-refractivity contribution is 0.102. The molecule has 0 spiro atoms. The Morgan fingerprint density at radius 2 is 1.78 bits per heavy atom. The average molecular weight is 382 g/mol. The van der Waals surface area contributed by atoms with E-state index in [0.717, 1.165) is 28.1 Å². The predicted molar refractivity (Wildman–Crippen MR) is 106 cm³/mol. The van der Waals surface area contributed by atoms with Gasteiger partial charge < -0.3 is 4.74 Å². The fourth-order valence-electron chi connectivity index (χ4n) is 2.86. The van der Waals surface area contributed by atoms with Gasteiger partial charge in [0.15, 0.2) is 5.78 Å². The summed E-state index contributed by atoms with van der Waals surface area (Å²) in [6, 6.07) is 9.42. The zero-order chi connectivity index (χ0) is 19.6. The number of hydrogen-bond donors (Lipinski definition) is 0. The van der Waals surface area contributed by atoms with E-state index in [1.807, 2.05) is 44.2 Å². The minimum atomic E-state index is 0.0768. The molecule has 3 rings (SSSR count). The van der Waals surface area contributed by atoms with Crippen molar-refractivity contribution in [3.05, 3.63) is 58.1 Å². The van der Waals surface area contributed by atoms with Crippen LogP contribution >= 0.6 is 11.8 Å². The summed E-state index contributed by atoms with van der Waals surface area (Å²) in [5.74, 6) is 1.11. The summed E-state index contributed by atoms with van der Waals surface area (Å²) in [4.78, 5) is 12.8. The van der Waals surface area contributed by atoms with Gasteiger partial charge in [-0.3, -0.25) is 4.79 Å². The number of rotatable bonds is 6.